The highest BCUT2D eigenvalue weighted by Crippen LogP contribution is 2.18. The molecular weight excluding hydrogens is 238 g/mol. The van der Waals surface area contributed by atoms with Crippen molar-refractivity contribution in [2.24, 2.45) is 0 Å². The van der Waals surface area contributed by atoms with E-state index in [0.717, 1.165) is 4.90 Å². The minimum absolute atomic E-state index is 0.145. The number of amides is 1. The zero-order valence-corrected chi connectivity index (χ0v) is 10.4. The van der Waals surface area contributed by atoms with E-state index < -0.39 is 12.2 Å². The number of β-amino-alcohol motifs (C(OH)–C–C–N with tert-alkyl or cyclic N) is 2. The van der Waals surface area contributed by atoms with E-state index in [4.69, 9.17) is 0 Å². The van der Waals surface area contributed by atoms with Gasteiger partial charge in [0.25, 0.3) is 5.91 Å². The molecule has 92 valence electrons. The van der Waals surface area contributed by atoms with Crippen molar-refractivity contribution in [1.82, 2.24) is 4.90 Å². The van der Waals surface area contributed by atoms with Crippen LogP contribution in [0.25, 0.3) is 0 Å². The van der Waals surface area contributed by atoms with Crippen LogP contribution in [-0.2, 0) is 0 Å². The van der Waals surface area contributed by atoms with E-state index in [1.165, 1.54) is 4.90 Å². The van der Waals surface area contributed by atoms with Gasteiger partial charge < -0.3 is 15.1 Å². The first-order chi connectivity index (χ1) is 8.11. The van der Waals surface area contributed by atoms with Gasteiger partial charge in [0, 0.05) is 23.5 Å². The molecule has 5 heteroatoms. The van der Waals surface area contributed by atoms with Crippen LogP contribution in [0.15, 0.2) is 29.2 Å². The molecule has 0 aromatic heterocycles. The molecule has 4 nitrogen and oxygen atoms in total. The van der Waals surface area contributed by atoms with Crippen molar-refractivity contribution in [3.8, 4) is 0 Å². The molecule has 2 rings (SSSR count). The number of aliphatic hydroxyl groups excluding tert-OH is 2. The monoisotopic (exact) mass is 253 g/mol. The molecule has 1 aliphatic rings. The Morgan fingerprint density at radius 3 is 2.24 bits per heavy atom. The third-order valence-corrected chi connectivity index (χ3v) is 3.63. The molecule has 2 unspecified atom stereocenters. The minimum atomic E-state index is -0.829. The Bertz CT molecular complexity index is 397. The van der Waals surface area contributed by atoms with Crippen LogP contribution >= 0.6 is 11.8 Å². The lowest BCUT2D eigenvalue weighted by atomic mass is 10.2. The van der Waals surface area contributed by atoms with E-state index >= 15 is 0 Å². The topological polar surface area (TPSA) is 60.8 Å². The third kappa shape index (κ3) is 2.62. The zero-order valence-electron chi connectivity index (χ0n) is 9.54. The summed E-state index contributed by atoms with van der Waals surface area (Å²) in [6.45, 7) is 0.397. The molecule has 0 aliphatic carbocycles. The van der Waals surface area contributed by atoms with E-state index in [1.54, 1.807) is 23.9 Å². The normalized spacial score (nSPS) is 24.1. The number of nitrogens with zero attached hydrogens (tertiary/aromatic N) is 1. The molecule has 0 saturated carbocycles. The number of benzene rings is 1. The standard InChI is InChI=1S/C12H15NO3S/c1-17-9-4-2-8(3-5-9)12(16)13-6-10(14)11(15)7-13/h2-5,10-11,14-15H,6-7H2,1H3. The van der Waals surface area contributed by atoms with Gasteiger partial charge in [-0.3, -0.25) is 4.79 Å². The molecule has 1 saturated heterocycles. The summed E-state index contributed by atoms with van der Waals surface area (Å²) in [7, 11) is 0. The largest absolute Gasteiger partial charge is 0.388 e. The minimum Gasteiger partial charge on any atom is -0.388 e. The Kier molecular flexibility index (Phi) is 3.71. The van der Waals surface area contributed by atoms with Gasteiger partial charge in [-0.25, -0.2) is 0 Å². The second-order valence-corrected chi connectivity index (χ2v) is 4.95. The molecular formula is C12H15NO3S. The van der Waals surface area contributed by atoms with Crippen molar-refractivity contribution >= 4 is 17.7 Å². The average molecular weight is 253 g/mol. The summed E-state index contributed by atoms with van der Waals surface area (Å²) in [5, 5.41) is 18.8. The Morgan fingerprint density at radius 2 is 1.76 bits per heavy atom. The highest BCUT2D eigenvalue weighted by molar-refractivity contribution is 7.98. The maximum absolute atomic E-state index is 12.0. The lowest BCUT2D eigenvalue weighted by molar-refractivity contribution is 0.0572. The smallest absolute Gasteiger partial charge is 0.254 e. The predicted octanol–water partition coefficient (Wildman–Crippen LogP) is 0.586. The SMILES string of the molecule is CSc1ccc(C(=O)N2CC(O)C(O)C2)cc1. The maximum Gasteiger partial charge on any atom is 0.254 e. The first-order valence-corrected chi connectivity index (χ1v) is 6.63. The molecule has 2 atom stereocenters. The Morgan fingerprint density at radius 1 is 1.24 bits per heavy atom. The molecule has 1 heterocycles. The number of hydrogen-bond acceptors (Lipinski definition) is 4. The number of rotatable bonds is 2. The summed E-state index contributed by atoms with van der Waals surface area (Å²) >= 11 is 1.62. The lowest BCUT2D eigenvalue weighted by Crippen LogP contribution is -2.29. The van der Waals surface area contributed by atoms with Gasteiger partial charge in [-0.05, 0) is 30.5 Å². The van der Waals surface area contributed by atoms with E-state index in [9.17, 15) is 15.0 Å². The Labute approximate surface area is 104 Å². The van der Waals surface area contributed by atoms with Crippen LogP contribution in [0.1, 0.15) is 10.4 Å². The van der Waals surface area contributed by atoms with Gasteiger partial charge in [0.05, 0.1) is 12.2 Å². The van der Waals surface area contributed by atoms with Crippen LogP contribution in [0.4, 0.5) is 0 Å². The number of thioether (sulfide) groups is 1. The number of hydrogen-bond donors (Lipinski definition) is 2. The van der Waals surface area contributed by atoms with Crippen molar-refractivity contribution in [2.45, 2.75) is 17.1 Å². The molecule has 1 fully saturated rings. The third-order valence-electron chi connectivity index (χ3n) is 2.88. The summed E-state index contributed by atoms with van der Waals surface area (Å²) < 4.78 is 0. The van der Waals surface area contributed by atoms with Crippen molar-refractivity contribution in [2.75, 3.05) is 19.3 Å². The highest BCUT2D eigenvalue weighted by atomic mass is 32.2. The number of likely N-dealkylation sites (tertiary alicyclic amines) is 1. The summed E-state index contributed by atoms with van der Waals surface area (Å²) in [6.07, 6.45) is 0.318. The second-order valence-electron chi connectivity index (χ2n) is 4.07. The number of carbonyl (C=O) groups is 1. The summed E-state index contributed by atoms with van der Waals surface area (Å²) in [5.41, 5.74) is 0.587. The van der Waals surface area contributed by atoms with Gasteiger partial charge in [-0.15, -0.1) is 11.8 Å². The first kappa shape index (κ1) is 12.4. The van der Waals surface area contributed by atoms with Crippen molar-refractivity contribution in [3.63, 3.8) is 0 Å². The molecule has 0 radical (unpaired) electrons. The fraction of sp³-hybridized carbons (Fsp3) is 0.417. The zero-order chi connectivity index (χ0) is 12.4. The average Bonchev–Trinajstić information content (AvgIpc) is 2.69. The molecule has 0 spiro atoms. The van der Waals surface area contributed by atoms with E-state index in [-0.39, 0.29) is 19.0 Å². The van der Waals surface area contributed by atoms with Crippen LogP contribution in [0.3, 0.4) is 0 Å². The van der Waals surface area contributed by atoms with Crippen LogP contribution in [0.2, 0.25) is 0 Å². The quantitative estimate of drug-likeness (QED) is 0.757. The number of carbonyl (C=O) groups excluding carboxylic acids is 1. The van der Waals surface area contributed by atoms with Crippen LogP contribution in [0, 0.1) is 0 Å². The van der Waals surface area contributed by atoms with Crippen molar-refractivity contribution in [1.29, 1.82) is 0 Å². The maximum atomic E-state index is 12.0. The number of aliphatic hydroxyl groups is 2. The van der Waals surface area contributed by atoms with E-state index in [1.807, 2.05) is 18.4 Å². The fourth-order valence-corrected chi connectivity index (χ4v) is 2.26. The molecule has 2 N–H and O–H groups in total. The highest BCUT2D eigenvalue weighted by Gasteiger charge is 2.32. The lowest BCUT2D eigenvalue weighted by Gasteiger charge is -2.15. The van der Waals surface area contributed by atoms with Crippen molar-refractivity contribution in [3.05, 3.63) is 29.8 Å². The van der Waals surface area contributed by atoms with Gasteiger partial charge >= 0.3 is 0 Å². The fourth-order valence-electron chi connectivity index (χ4n) is 1.85. The summed E-state index contributed by atoms with van der Waals surface area (Å²) in [6, 6.07) is 7.32. The Hall–Kier alpha value is -1.04. The van der Waals surface area contributed by atoms with Gasteiger partial charge in [0.1, 0.15) is 0 Å². The van der Waals surface area contributed by atoms with E-state index in [0.29, 0.717) is 5.56 Å². The molecule has 1 amide bonds. The summed E-state index contributed by atoms with van der Waals surface area (Å²) in [4.78, 5) is 14.6. The second kappa shape index (κ2) is 5.08. The van der Waals surface area contributed by atoms with E-state index in [2.05, 4.69) is 0 Å². The van der Waals surface area contributed by atoms with Crippen LogP contribution < -0.4 is 0 Å². The van der Waals surface area contributed by atoms with Crippen LogP contribution in [-0.4, -0.2) is 52.6 Å². The van der Waals surface area contributed by atoms with Crippen LogP contribution in [0.5, 0.6) is 0 Å². The predicted molar refractivity (Wildman–Crippen MR) is 66.1 cm³/mol. The van der Waals surface area contributed by atoms with Gasteiger partial charge in [-0.2, -0.15) is 0 Å². The summed E-state index contributed by atoms with van der Waals surface area (Å²) in [5.74, 6) is -0.145. The molecule has 17 heavy (non-hydrogen) atoms. The van der Waals surface area contributed by atoms with Gasteiger partial charge in [0.15, 0.2) is 0 Å². The van der Waals surface area contributed by atoms with Gasteiger partial charge in [-0.1, -0.05) is 0 Å². The molecule has 1 aromatic carbocycles. The Balaban J connectivity index is 2.09. The molecule has 1 aromatic rings. The molecule has 1 aliphatic heterocycles. The first-order valence-electron chi connectivity index (χ1n) is 5.41. The molecule has 0 bridgehead atoms. The van der Waals surface area contributed by atoms with Gasteiger partial charge in [0.2, 0.25) is 0 Å². The van der Waals surface area contributed by atoms with Crippen molar-refractivity contribution < 1.29 is 15.0 Å².